The molecule has 0 aliphatic rings. The van der Waals surface area contributed by atoms with Gasteiger partial charge in [0.2, 0.25) is 0 Å². The number of unbranched alkanes of at least 4 members (excludes halogenated alkanes) is 3. The third-order valence-corrected chi connectivity index (χ3v) is 3.80. The number of hydrogen-bond donors (Lipinski definition) is 1. The number of nitrogens with zero attached hydrogens (tertiary/aromatic N) is 2. The van der Waals surface area contributed by atoms with Crippen LogP contribution in [-0.2, 0) is 6.42 Å². The molecule has 0 aliphatic heterocycles. The zero-order valence-corrected chi connectivity index (χ0v) is 12.5. The van der Waals surface area contributed by atoms with E-state index >= 15 is 0 Å². The normalized spacial score (nSPS) is 11.1. The van der Waals surface area contributed by atoms with E-state index in [9.17, 15) is 0 Å². The summed E-state index contributed by atoms with van der Waals surface area (Å²) < 4.78 is 0. The predicted molar refractivity (Wildman–Crippen MR) is 87.2 cm³/mol. The molecule has 0 unspecified atom stereocenters. The van der Waals surface area contributed by atoms with E-state index < -0.39 is 0 Å². The third kappa shape index (κ3) is 3.13. The van der Waals surface area contributed by atoms with Gasteiger partial charge in [-0.3, -0.25) is 4.98 Å². The van der Waals surface area contributed by atoms with Crippen molar-refractivity contribution >= 4 is 11.0 Å². The van der Waals surface area contributed by atoms with E-state index in [0.717, 1.165) is 29.0 Å². The minimum absolute atomic E-state index is 0.853. The van der Waals surface area contributed by atoms with Crippen LogP contribution in [0.2, 0.25) is 0 Å². The molecule has 1 N–H and O–H groups in total. The lowest BCUT2D eigenvalue weighted by atomic mass is 10.1. The summed E-state index contributed by atoms with van der Waals surface area (Å²) in [6.07, 6.45) is 8.02. The van der Waals surface area contributed by atoms with Gasteiger partial charge >= 0.3 is 0 Å². The molecule has 2 heterocycles. The van der Waals surface area contributed by atoms with E-state index in [4.69, 9.17) is 4.98 Å². The first-order valence-electron chi connectivity index (χ1n) is 7.77. The Morgan fingerprint density at radius 1 is 1.00 bits per heavy atom. The number of nitrogens with one attached hydrogen (secondary N) is 1. The number of fused-ring (bicyclic) bond motifs is 1. The summed E-state index contributed by atoms with van der Waals surface area (Å²) in [5, 5.41) is 0. The summed E-state index contributed by atoms with van der Waals surface area (Å²) in [6, 6.07) is 12.3. The summed E-state index contributed by atoms with van der Waals surface area (Å²) in [7, 11) is 0. The molecule has 0 amide bonds. The Morgan fingerprint density at radius 2 is 1.95 bits per heavy atom. The number of aromatic amines is 1. The number of H-pyrrole nitrogens is 1. The Bertz CT molecular complexity index is 701. The first-order chi connectivity index (χ1) is 10.4. The lowest BCUT2D eigenvalue weighted by Crippen LogP contribution is -1.88. The van der Waals surface area contributed by atoms with Crippen molar-refractivity contribution in [3.8, 4) is 11.5 Å². The highest BCUT2D eigenvalue weighted by molar-refractivity contribution is 5.81. The molecular weight excluding hydrogens is 258 g/mol. The largest absolute Gasteiger partial charge is 0.337 e. The molecule has 0 saturated carbocycles. The number of para-hydroxylation sites is 1. The van der Waals surface area contributed by atoms with E-state index in [1.807, 2.05) is 18.2 Å². The molecule has 0 fully saturated rings. The van der Waals surface area contributed by atoms with E-state index in [-0.39, 0.29) is 0 Å². The van der Waals surface area contributed by atoms with Crippen LogP contribution in [0.5, 0.6) is 0 Å². The van der Waals surface area contributed by atoms with Crippen molar-refractivity contribution in [3.63, 3.8) is 0 Å². The summed E-state index contributed by atoms with van der Waals surface area (Å²) in [6.45, 7) is 2.24. The maximum absolute atomic E-state index is 4.76. The molecule has 0 atom stereocenters. The van der Waals surface area contributed by atoms with Crippen LogP contribution in [0, 0.1) is 0 Å². The van der Waals surface area contributed by atoms with Gasteiger partial charge in [0, 0.05) is 6.20 Å². The van der Waals surface area contributed by atoms with Crippen LogP contribution in [0.4, 0.5) is 0 Å². The highest BCUT2D eigenvalue weighted by atomic mass is 14.9. The lowest BCUT2D eigenvalue weighted by Gasteiger charge is -2.01. The van der Waals surface area contributed by atoms with E-state index in [2.05, 4.69) is 35.1 Å². The number of aromatic nitrogens is 3. The molecule has 0 saturated heterocycles. The molecule has 3 aromatic rings. The highest BCUT2D eigenvalue weighted by Gasteiger charge is 2.09. The van der Waals surface area contributed by atoms with Gasteiger partial charge in [-0.25, -0.2) is 4.98 Å². The van der Waals surface area contributed by atoms with Crippen LogP contribution >= 0.6 is 0 Å². The smallest absolute Gasteiger partial charge is 0.157 e. The van der Waals surface area contributed by atoms with Crippen LogP contribution in [0.15, 0.2) is 42.6 Å². The lowest BCUT2D eigenvalue weighted by molar-refractivity contribution is 0.668. The van der Waals surface area contributed by atoms with Crippen molar-refractivity contribution in [2.45, 2.75) is 39.0 Å². The maximum Gasteiger partial charge on any atom is 0.157 e. The van der Waals surface area contributed by atoms with E-state index in [0.29, 0.717) is 0 Å². The van der Waals surface area contributed by atoms with Crippen molar-refractivity contribution in [3.05, 3.63) is 48.2 Å². The fourth-order valence-electron chi connectivity index (χ4n) is 2.66. The van der Waals surface area contributed by atoms with Crippen molar-refractivity contribution in [1.82, 2.24) is 15.0 Å². The van der Waals surface area contributed by atoms with Gasteiger partial charge in [-0.05, 0) is 36.6 Å². The number of aryl methyl sites for hydroxylation is 1. The van der Waals surface area contributed by atoms with Crippen LogP contribution < -0.4 is 0 Å². The molecule has 2 aromatic heterocycles. The molecule has 0 radical (unpaired) electrons. The highest BCUT2D eigenvalue weighted by Crippen LogP contribution is 2.22. The van der Waals surface area contributed by atoms with E-state index in [1.54, 1.807) is 6.20 Å². The fourth-order valence-corrected chi connectivity index (χ4v) is 2.66. The number of hydrogen-bond acceptors (Lipinski definition) is 2. The Labute approximate surface area is 125 Å². The monoisotopic (exact) mass is 279 g/mol. The van der Waals surface area contributed by atoms with Gasteiger partial charge in [0.05, 0.1) is 11.0 Å². The first-order valence-corrected chi connectivity index (χ1v) is 7.77. The standard InChI is InChI=1S/C18H21N3/c1-2-3-4-5-9-14-10-8-12-15-17(14)21-18(20-15)16-11-6-7-13-19-16/h6-8,10-13H,2-5,9H2,1H3,(H,20,21). The van der Waals surface area contributed by atoms with Crippen LogP contribution in [-0.4, -0.2) is 15.0 Å². The number of pyridine rings is 1. The summed E-state index contributed by atoms with van der Waals surface area (Å²) in [5.41, 5.74) is 4.42. The fraction of sp³-hybridized carbons (Fsp3) is 0.333. The second-order valence-electron chi connectivity index (χ2n) is 5.42. The predicted octanol–water partition coefficient (Wildman–Crippen LogP) is 4.75. The van der Waals surface area contributed by atoms with Gasteiger partial charge in [-0.2, -0.15) is 0 Å². The van der Waals surface area contributed by atoms with Gasteiger partial charge in [0.1, 0.15) is 5.69 Å². The molecule has 0 aliphatic carbocycles. The molecule has 3 heteroatoms. The van der Waals surface area contributed by atoms with Gasteiger partial charge in [-0.15, -0.1) is 0 Å². The summed E-state index contributed by atoms with van der Waals surface area (Å²) in [5.74, 6) is 0.853. The second kappa shape index (κ2) is 6.53. The number of benzene rings is 1. The average Bonchev–Trinajstić information content (AvgIpc) is 2.97. The molecule has 3 rings (SSSR count). The van der Waals surface area contributed by atoms with Crippen molar-refractivity contribution < 1.29 is 0 Å². The first kappa shape index (κ1) is 13.8. The van der Waals surface area contributed by atoms with Crippen molar-refractivity contribution in [1.29, 1.82) is 0 Å². The van der Waals surface area contributed by atoms with Crippen LogP contribution in [0.1, 0.15) is 38.2 Å². The van der Waals surface area contributed by atoms with Crippen LogP contribution in [0.25, 0.3) is 22.6 Å². The molecule has 108 valence electrons. The molecule has 1 aromatic carbocycles. The number of imidazole rings is 1. The Kier molecular flexibility index (Phi) is 4.29. The summed E-state index contributed by atoms with van der Waals surface area (Å²) >= 11 is 0. The number of rotatable bonds is 6. The van der Waals surface area contributed by atoms with Crippen LogP contribution in [0.3, 0.4) is 0 Å². The molecule has 21 heavy (non-hydrogen) atoms. The SMILES string of the molecule is CCCCCCc1cccc2[nH]c(-c3ccccn3)nc12. The second-order valence-corrected chi connectivity index (χ2v) is 5.42. The van der Waals surface area contributed by atoms with Crippen molar-refractivity contribution in [2.24, 2.45) is 0 Å². The van der Waals surface area contributed by atoms with Gasteiger partial charge < -0.3 is 4.98 Å². The molecular formula is C18H21N3. The third-order valence-electron chi connectivity index (χ3n) is 3.80. The zero-order valence-electron chi connectivity index (χ0n) is 12.5. The van der Waals surface area contributed by atoms with Crippen molar-refractivity contribution in [2.75, 3.05) is 0 Å². The molecule has 3 nitrogen and oxygen atoms in total. The minimum Gasteiger partial charge on any atom is -0.337 e. The Hall–Kier alpha value is -2.16. The quantitative estimate of drug-likeness (QED) is 0.662. The topological polar surface area (TPSA) is 41.6 Å². The molecule has 0 bridgehead atoms. The van der Waals surface area contributed by atoms with E-state index in [1.165, 1.54) is 31.2 Å². The molecule has 0 spiro atoms. The maximum atomic E-state index is 4.76. The Balaban J connectivity index is 1.87. The Morgan fingerprint density at radius 3 is 2.76 bits per heavy atom. The average molecular weight is 279 g/mol. The van der Waals surface area contributed by atoms with Gasteiger partial charge in [0.15, 0.2) is 5.82 Å². The zero-order chi connectivity index (χ0) is 14.5. The minimum atomic E-state index is 0.853. The van der Waals surface area contributed by atoms with Gasteiger partial charge in [-0.1, -0.05) is 44.4 Å². The summed E-state index contributed by atoms with van der Waals surface area (Å²) in [4.78, 5) is 12.5. The van der Waals surface area contributed by atoms with Gasteiger partial charge in [0.25, 0.3) is 0 Å².